The first-order valence-corrected chi connectivity index (χ1v) is 10.0. The highest BCUT2D eigenvalue weighted by Gasteiger charge is 2.41. The second-order valence-electron chi connectivity index (χ2n) is 6.93. The van der Waals surface area contributed by atoms with E-state index < -0.39 is 0 Å². The Bertz CT molecular complexity index is 308. The highest BCUT2D eigenvalue weighted by atomic mass is 32.2. The van der Waals surface area contributed by atoms with Crippen molar-refractivity contribution in [1.82, 2.24) is 5.32 Å². The largest absolute Gasteiger partial charge is 0.378 e. The van der Waals surface area contributed by atoms with Crippen LogP contribution >= 0.6 is 11.8 Å². The molecule has 0 aromatic rings. The molecular weight excluding hydrogens is 282 g/mol. The monoisotopic (exact) mass is 313 g/mol. The van der Waals surface area contributed by atoms with Gasteiger partial charge in [-0.05, 0) is 68.9 Å². The zero-order valence-electron chi connectivity index (χ0n) is 13.4. The Morgan fingerprint density at radius 2 is 2.10 bits per heavy atom. The van der Waals surface area contributed by atoms with E-state index in [9.17, 15) is 0 Å². The maximum atomic E-state index is 6.26. The van der Waals surface area contributed by atoms with Gasteiger partial charge in [-0.3, -0.25) is 0 Å². The molecule has 21 heavy (non-hydrogen) atoms. The molecule has 0 aromatic heterocycles. The van der Waals surface area contributed by atoms with Crippen molar-refractivity contribution < 1.29 is 9.47 Å². The molecule has 3 unspecified atom stereocenters. The SMILES string of the molecule is CCNC(CC1CCCO1)C1CCOC2(CCSCC2)C1. The first-order chi connectivity index (χ1) is 10.3. The van der Waals surface area contributed by atoms with Crippen LogP contribution in [0.1, 0.15) is 51.9 Å². The summed E-state index contributed by atoms with van der Waals surface area (Å²) in [5.74, 6) is 3.33. The Morgan fingerprint density at radius 1 is 1.24 bits per heavy atom. The summed E-state index contributed by atoms with van der Waals surface area (Å²) in [5.41, 5.74) is 0.207. The Kier molecular flexibility index (Phi) is 5.88. The predicted octanol–water partition coefficient (Wildman–Crippen LogP) is 3.23. The Balaban J connectivity index is 1.60. The van der Waals surface area contributed by atoms with Gasteiger partial charge in [-0.15, -0.1) is 0 Å². The van der Waals surface area contributed by atoms with Crippen molar-refractivity contribution in [3.05, 3.63) is 0 Å². The summed E-state index contributed by atoms with van der Waals surface area (Å²) in [6, 6.07) is 0.619. The third kappa shape index (κ3) is 4.15. The molecule has 0 saturated carbocycles. The lowest BCUT2D eigenvalue weighted by Gasteiger charge is -2.45. The third-order valence-electron chi connectivity index (χ3n) is 5.51. The molecule has 3 aliphatic heterocycles. The average Bonchev–Trinajstić information content (AvgIpc) is 3.01. The number of hydrogen-bond donors (Lipinski definition) is 1. The number of thioether (sulfide) groups is 1. The van der Waals surface area contributed by atoms with Gasteiger partial charge in [0, 0.05) is 19.3 Å². The van der Waals surface area contributed by atoms with Crippen molar-refractivity contribution in [2.75, 3.05) is 31.3 Å². The molecule has 0 radical (unpaired) electrons. The van der Waals surface area contributed by atoms with E-state index in [4.69, 9.17) is 9.47 Å². The van der Waals surface area contributed by atoms with E-state index in [0.29, 0.717) is 12.1 Å². The maximum absolute atomic E-state index is 6.26. The van der Waals surface area contributed by atoms with E-state index in [2.05, 4.69) is 24.0 Å². The van der Waals surface area contributed by atoms with Gasteiger partial charge in [-0.2, -0.15) is 11.8 Å². The summed E-state index contributed by atoms with van der Waals surface area (Å²) >= 11 is 2.09. The lowest BCUT2D eigenvalue weighted by Crippen LogP contribution is -2.49. The van der Waals surface area contributed by atoms with Gasteiger partial charge >= 0.3 is 0 Å². The predicted molar refractivity (Wildman–Crippen MR) is 89.0 cm³/mol. The van der Waals surface area contributed by atoms with Crippen LogP contribution in [0, 0.1) is 5.92 Å². The Hall–Kier alpha value is 0.230. The minimum atomic E-state index is 0.207. The second-order valence-corrected chi connectivity index (χ2v) is 8.16. The molecule has 1 N–H and O–H groups in total. The normalized spacial score (nSPS) is 34.1. The van der Waals surface area contributed by atoms with Gasteiger partial charge in [-0.25, -0.2) is 0 Å². The molecule has 0 aliphatic carbocycles. The molecule has 1 spiro atoms. The fourth-order valence-electron chi connectivity index (χ4n) is 4.32. The Morgan fingerprint density at radius 3 is 2.81 bits per heavy atom. The van der Waals surface area contributed by atoms with E-state index >= 15 is 0 Å². The van der Waals surface area contributed by atoms with E-state index in [1.54, 1.807) is 0 Å². The molecule has 0 bridgehead atoms. The molecule has 3 fully saturated rings. The molecule has 0 amide bonds. The number of hydrogen-bond acceptors (Lipinski definition) is 4. The second kappa shape index (κ2) is 7.67. The molecule has 3 aliphatic rings. The summed E-state index contributed by atoms with van der Waals surface area (Å²) in [6.07, 6.45) is 9.20. The topological polar surface area (TPSA) is 30.5 Å². The van der Waals surface area contributed by atoms with Crippen LogP contribution in [-0.4, -0.2) is 49.0 Å². The smallest absolute Gasteiger partial charge is 0.0701 e. The number of rotatable bonds is 5. The van der Waals surface area contributed by atoms with Crippen LogP contribution < -0.4 is 5.32 Å². The lowest BCUT2D eigenvalue weighted by atomic mass is 9.77. The molecule has 3 nitrogen and oxygen atoms in total. The molecular formula is C17H31NO2S. The number of ether oxygens (including phenoxy) is 2. The molecule has 3 heterocycles. The highest BCUT2D eigenvalue weighted by molar-refractivity contribution is 7.99. The van der Waals surface area contributed by atoms with Gasteiger partial charge in [0.1, 0.15) is 0 Å². The molecule has 122 valence electrons. The van der Waals surface area contributed by atoms with E-state index in [0.717, 1.165) is 25.7 Å². The average molecular weight is 314 g/mol. The van der Waals surface area contributed by atoms with E-state index in [1.165, 1.54) is 56.5 Å². The minimum Gasteiger partial charge on any atom is -0.378 e. The van der Waals surface area contributed by atoms with Gasteiger partial charge in [0.05, 0.1) is 11.7 Å². The van der Waals surface area contributed by atoms with Crippen LogP contribution in [0.4, 0.5) is 0 Å². The first kappa shape index (κ1) is 16.1. The quantitative estimate of drug-likeness (QED) is 0.844. The minimum absolute atomic E-state index is 0.207. The molecule has 4 heteroatoms. The summed E-state index contributed by atoms with van der Waals surface area (Å²) < 4.78 is 12.1. The molecule has 3 rings (SSSR count). The summed E-state index contributed by atoms with van der Waals surface area (Å²) in [7, 11) is 0. The van der Waals surface area contributed by atoms with Crippen LogP contribution in [0.3, 0.4) is 0 Å². The molecule has 3 atom stereocenters. The van der Waals surface area contributed by atoms with Crippen LogP contribution in [0.15, 0.2) is 0 Å². The molecule has 0 aromatic carbocycles. The zero-order chi connectivity index (χ0) is 14.5. The lowest BCUT2D eigenvalue weighted by molar-refractivity contribution is -0.109. The van der Waals surface area contributed by atoms with Crippen molar-refractivity contribution in [1.29, 1.82) is 0 Å². The van der Waals surface area contributed by atoms with Gasteiger partial charge in [0.15, 0.2) is 0 Å². The van der Waals surface area contributed by atoms with Crippen molar-refractivity contribution >= 4 is 11.8 Å². The highest BCUT2D eigenvalue weighted by Crippen LogP contribution is 2.41. The van der Waals surface area contributed by atoms with Gasteiger partial charge in [-0.1, -0.05) is 6.92 Å². The van der Waals surface area contributed by atoms with Crippen molar-refractivity contribution in [3.63, 3.8) is 0 Å². The van der Waals surface area contributed by atoms with Crippen LogP contribution in [-0.2, 0) is 9.47 Å². The van der Waals surface area contributed by atoms with Crippen LogP contribution in [0.25, 0.3) is 0 Å². The van der Waals surface area contributed by atoms with Gasteiger partial charge in [0.25, 0.3) is 0 Å². The van der Waals surface area contributed by atoms with E-state index in [1.807, 2.05) is 0 Å². The van der Waals surface area contributed by atoms with Crippen molar-refractivity contribution in [2.24, 2.45) is 5.92 Å². The third-order valence-corrected chi connectivity index (χ3v) is 6.50. The summed E-state index contributed by atoms with van der Waals surface area (Å²) in [4.78, 5) is 0. The fourth-order valence-corrected chi connectivity index (χ4v) is 5.56. The molecule has 3 saturated heterocycles. The summed E-state index contributed by atoms with van der Waals surface area (Å²) in [5, 5.41) is 3.76. The van der Waals surface area contributed by atoms with E-state index in [-0.39, 0.29) is 5.60 Å². The zero-order valence-corrected chi connectivity index (χ0v) is 14.3. The van der Waals surface area contributed by atoms with Gasteiger partial charge in [0.2, 0.25) is 0 Å². The van der Waals surface area contributed by atoms with Gasteiger partial charge < -0.3 is 14.8 Å². The number of nitrogens with one attached hydrogen (secondary N) is 1. The first-order valence-electron chi connectivity index (χ1n) is 8.88. The maximum Gasteiger partial charge on any atom is 0.0701 e. The standard InChI is InChI=1S/C17H31NO2S/c1-2-18-16(12-15-4-3-8-19-15)14-5-9-20-17(13-14)6-10-21-11-7-17/h14-16,18H,2-13H2,1H3. The van der Waals surface area contributed by atoms with Crippen LogP contribution in [0.2, 0.25) is 0 Å². The Labute approximate surface area is 133 Å². The summed E-state index contributed by atoms with van der Waals surface area (Å²) in [6.45, 7) is 5.23. The van der Waals surface area contributed by atoms with Crippen LogP contribution in [0.5, 0.6) is 0 Å². The van der Waals surface area contributed by atoms with Crippen molar-refractivity contribution in [2.45, 2.75) is 69.6 Å². The van der Waals surface area contributed by atoms with Crippen molar-refractivity contribution in [3.8, 4) is 0 Å². The fraction of sp³-hybridized carbons (Fsp3) is 1.00.